The standard InChI is InChI=1S/C2H4O2.Na/c1-2(3)4;/h1H3,(H,3,4);/q;+1/p-1/i1+1D3;. The fourth-order valence-electron chi connectivity index (χ4n) is 0. The monoisotopic (exact) mass is 86.0 g/mol. The van der Waals surface area contributed by atoms with Crippen molar-refractivity contribution in [1.29, 1.82) is 0 Å². The van der Waals surface area contributed by atoms with Gasteiger partial charge >= 0.3 is 29.6 Å². The largest absolute Gasteiger partial charge is 1.00 e. The van der Waals surface area contributed by atoms with E-state index >= 15 is 0 Å². The van der Waals surface area contributed by atoms with E-state index in [4.69, 9.17) is 4.11 Å². The second-order valence-electron chi connectivity index (χ2n) is 0.287. The van der Waals surface area contributed by atoms with Crippen LogP contribution in [0.4, 0.5) is 0 Å². The van der Waals surface area contributed by atoms with Crippen LogP contribution >= 0.6 is 0 Å². The molecule has 0 unspecified atom stereocenters. The zero-order valence-electron chi connectivity index (χ0n) is 5.82. The van der Waals surface area contributed by atoms with Crippen molar-refractivity contribution in [2.45, 2.75) is 6.85 Å². The molecule has 0 saturated heterocycles. The third kappa shape index (κ3) is 123. The van der Waals surface area contributed by atoms with Crippen LogP contribution in [-0.2, 0) is 4.79 Å². The van der Waals surface area contributed by atoms with Crippen molar-refractivity contribution in [2.24, 2.45) is 0 Å². The van der Waals surface area contributed by atoms with Crippen LogP contribution in [0.2, 0.25) is 0 Å². The number of carboxylic acids is 1. The summed E-state index contributed by atoms with van der Waals surface area (Å²) in [6.45, 7) is -2.94. The molecule has 0 spiro atoms. The predicted molar refractivity (Wildman–Crippen MR) is 10.7 cm³/mol. The fourth-order valence-corrected chi connectivity index (χ4v) is 0. The molecule has 0 aliphatic heterocycles. The Morgan fingerprint density at radius 3 is 2.40 bits per heavy atom. The maximum Gasteiger partial charge on any atom is 1.00 e. The van der Waals surface area contributed by atoms with Gasteiger partial charge in [0.2, 0.25) is 0 Å². The van der Waals surface area contributed by atoms with E-state index in [2.05, 4.69) is 0 Å². The van der Waals surface area contributed by atoms with Crippen molar-refractivity contribution >= 4 is 5.97 Å². The number of rotatable bonds is 0. The quantitative estimate of drug-likeness (QED) is 0.221. The molecule has 5 heavy (non-hydrogen) atoms. The van der Waals surface area contributed by atoms with E-state index < -0.39 is 12.8 Å². The van der Waals surface area contributed by atoms with Crippen LogP contribution in [0.1, 0.15) is 11.0 Å². The van der Waals surface area contributed by atoms with E-state index in [9.17, 15) is 9.90 Å². The maximum absolute atomic E-state index is 9.35. The summed E-state index contributed by atoms with van der Waals surface area (Å²) < 4.78 is 18.2. The molecule has 0 radical (unpaired) electrons. The van der Waals surface area contributed by atoms with E-state index in [1.54, 1.807) is 0 Å². The summed E-state index contributed by atoms with van der Waals surface area (Å²) >= 11 is 0. The Morgan fingerprint density at radius 1 is 2.20 bits per heavy atom. The number of carbonyl (C=O) groups is 1. The van der Waals surface area contributed by atoms with Crippen LogP contribution < -0.4 is 34.7 Å². The molecule has 0 aliphatic carbocycles. The Hall–Kier alpha value is 0.470. The van der Waals surface area contributed by atoms with E-state index in [-0.39, 0.29) is 29.6 Å². The average Bonchev–Trinajstić information content (AvgIpc) is 1.31. The number of hydrogen-bond donors (Lipinski definition) is 0. The smallest absolute Gasteiger partial charge is 0.550 e. The van der Waals surface area contributed by atoms with Gasteiger partial charge in [-0.3, -0.25) is 0 Å². The molecule has 0 fully saturated rings. The predicted octanol–water partition coefficient (Wildman–Crippen LogP) is -4.24. The minimum absolute atomic E-state index is 0. The van der Waals surface area contributed by atoms with E-state index in [1.807, 2.05) is 0 Å². The van der Waals surface area contributed by atoms with Gasteiger partial charge in [0, 0.05) is 10.1 Å². The minimum atomic E-state index is -2.94. The van der Waals surface area contributed by atoms with Crippen molar-refractivity contribution in [2.75, 3.05) is 0 Å². The fraction of sp³-hybridized carbons (Fsp3) is 0.500. The molecule has 3 heteroatoms. The molecule has 0 aromatic carbocycles. The number of carboxylic acid groups (broad SMARTS) is 1. The van der Waals surface area contributed by atoms with Gasteiger partial charge in [0.05, 0.1) is 0 Å². The van der Waals surface area contributed by atoms with Gasteiger partial charge in [-0.15, -0.1) is 0 Å². The SMILES string of the molecule is [2H][13C]([2H])([2H])C(=O)[O-].[Na+]. The van der Waals surface area contributed by atoms with E-state index in [1.165, 1.54) is 0 Å². The summed E-state index contributed by atoms with van der Waals surface area (Å²) in [6, 6.07) is 0. The van der Waals surface area contributed by atoms with Crippen molar-refractivity contribution in [3.05, 3.63) is 0 Å². The van der Waals surface area contributed by atoms with Gasteiger partial charge in [-0.25, -0.2) is 0 Å². The Balaban J connectivity index is 0. The second kappa shape index (κ2) is 4.47. The molecule has 0 N–H and O–H groups in total. The van der Waals surface area contributed by atoms with Gasteiger partial charge in [-0.05, 0) is 6.85 Å². The average molecular weight is 86.0 g/mol. The topological polar surface area (TPSA) is 40.1 Å². The summed E-state index contributed by atoms with van der Waals surface area (Å²) in [5.74, 6) is -2.01. The number of carbonyl (C=O) groups excluding carboxylic acids is 1. The third-order valence-corrected chi connectivity index (χ3v) is 0. The Bertz CT molecular complexity index is 87.8. The third-order valence-electron chi connectivity index (χ3n) is 0. The number of hydrogen-bond acceptors (Lipinski definition) is 2. The van der Waals surface area contributed by atoms with Gasteiger partial charge in [0.15, 0.2) is 0 Å². The molecular weight excluding hydrogens is 80.0 g/mol. The first-order chi connectivity index (χ1) is 2.94. The molecular formula is C2H3NaO2. The Morgan fingerprint density at radius 2 is 2.40 bits per heavy atom. The van der Waals surface area contributed by atoms with Gasteiger partial charge < -0.3 is 9.90 Å². The Labute approximate surface area is 56.7 Å². The maximum atomic E-state index is 9.35. The van der Waals surface area contributed by atoms with Gasteiger partial charge in [-0.1, -0.05) is 0 Å². The van der Waals surface area contributed by atoms with Crippen LogP contribution in [0.25, 0.3) is 0 Å². The summed E-state index contributed by atoms with van der Waals surface area (Å²) in [7, 11) is 0. The molecule has 0 aromatic heterocycles. The molecule has 0 bridgehead atoms. The van der Waals surface area contributed by atoms with Crippen LogP contribution in [0.3, 0.4) is 0 Å². The van der Waals surface area contributed by atoms with Crippen LogP contribution in [-0.4, -0.2) is 5.97 Å². The zero-order valence-corrected chi connectivity index (χ0v) is 4.82. The van der Waals surface area contributed by atoms with Crippen LogP contribution in [0.15, 0.2) is 0 Å². The first-order valence-corrected chi connectivity index (χ1v) is 0.658. The summed E-state index contributed by atoms with van der Waals surface area (Å²) in [5, 5.41) is 9.35. The molecule has 24 valence electrons. The first-order valence-electron chi connectivity index (χ1n) is 2.16. The minimum Gasteiger partial charge on any atom is -0.550 e. The van der Waals surface area contributed by atoms with E-state index in [0.717, 1.165) is 0 Å². The molecule has 0 amide bonds. The summed E-state index contributed by atoms with van der Waals surface area (Å²) in [6.07, 6.45) is 0. The second-order valence-corrected chi connectivity index (χ2v) is 0.287. The van der Waals surface area contributed by atoms with Crippen molar-refractivity contribution < 1.29 is 43.6 Å². The van der Waals surface area contributed by atoms with Crippen molar-refractivity contribution in [1.82, 2.24) is 0 Å². The van der Waals surface area contributed by atoms with Gasteiger partial charge in [0.25, 0.3) is 0 Å². The summed E-state index contributed by atoms with van der Waals surface area (Å²) in [5.41, 5.74) is 0. The molecule has 0 saturated carbocycles. The van der Waals surface area contributed by atoms with E-state index in [0.29, 0.717) is 0 Å². The molecule has 0 heterocycles. The van der Waals surface area contributed by atoms with Gasteiger partial charge in [0.1, 0.15) is 0 Å². The number of aliphatic carboxylic acids is 1. The molecule has 0 rings (SSSR count). The Kier molecular flexibility index (Phi) is 2.33. The van der Waals surface area contributed by atoms with Crippen LogP contribution in [0.5, 0.6) is 0 Å². The normalized spacial score (nSPS) is 16.4. The molecule has 0 aliphatic rings. The first kappa shape index (κ1) is 2.61. The molecule has 0 atom stereocenters. The summed E-state index contributed by atoms with van der Waals surface area (Å²) in [4.78, 5) is 9.35. The van der Waals surface area contributed by atoms with Crippen molar-refractivity contribution in [3.8, 4) is 0 Å². The molecule has 0 aromatic rings. The van der Waals surface area contributed by atoms with Crippen LogP contribution in [0, 0.1) is 0 Å². The molecule has 2 nitrogen and oxygen atoms in total. The van der Waals surface area contributed by atoms with Gasteiger partial charge in [-0.2, -0.15) is 0 Å². The van der Waals surface area contributed by atoms with Crippen molar-refractivity contribution in [3.63, 3.8) is 0 Å². The zero-order chi connectivity index (χ0) is 6.08.